The number of rotatable bonds is 3. The molecular weight excluding hydrogens is 326 g/mol. The third-order valence-corrected chi connectivity index (χ3v) is 6.59. The van der Waals surface area contributed by atoms with Crippen molar-refractivity contribution in [3.05, 3.63) is 35.4 Å². The fraction of sp³-hybridized carbons (Fsp3) is 0.600. The summed E-state index contributed by atoms with van der Waals surface area (Å²) in [5.41, 5.74) is 0.104. The molecule has 2 fully saturated rings. The second kappa shape index (κ2) is 6.43. The Balaban J connectivity index is 1.93. The van der Waals surface area contributed by atoms with E-state index in [0.717, 1.165) is 18.2 Å². The predicted octanol–water partition coefficient (Wildman–Crippen LogP) is 2.07. The lowest BCUT2D eigenvalue weighted by Crippen LogP contribution is -2.52. The van der Waals surface area contributed by atoms with Crippen LogP contribution in [0.4, 0.5) is 8.78 Å². The summed E-state index contributed by atoms with van der Waals surface area (Å²) in [5, 5.41) is 0. The molecule has 0 radical (unpaired) electrons. The molecule has 0 N–H and O–H groups in total. The molecule has 0 amide bonds. The van der Waals surface area contributed by atoms with Crippen LogP contribution >= 0.6 is 0 Å². The molecule has 128 valence electrons. The molecule has 2 saturated heterocycles. The third-order valence-electron chi connectivity index (χ3n) is 4.42. The quantitative estimate of drug-likeness (QED) is 0.842. The van der Waals surface area contributed by atoms with Crippen LogP contribution in [-0.2, 0) is 14.9 Å². The first kappa shape index (κ1) is 16.8. The van der Waals surface area contributed by atoms with Gasteiger partial charge in [0.2, 0.25) is 0 Å². The van der Waals surface area contributed by atoms with Gasteiger partial charge < -0.3 is 4.74 Å². The van der Waals surface area contributed by atoms with Crippen molar-refractivity contribution in [2.24, 2.45) is 0 Å². The Kier molecular flexibility index (Phi) is 4.68. The minimum absolute atomic E-state index is 0.104. The highest BCUT2D eigenvalue weighted by Gasteiger charge is 2.42. The highest BCUT2D eigenvalue weighted by atomic mass is 32.2. The minimum Gasteiger partial charge on any atom is -0.378 e. The van der Waals surface area contributed by atoms with Gasteiger partial charge in [0.1, 0.15) is 11.6 Å². The van der Waals surface area contributed by atoms with E-state index in [4.69, 9.17) is 4.74 Å². The minimum atomic E-state index is -3.74. The zero-order chi connectivity index (χ0) is 16.6. The molecule has 2 atom stereocenters. The van der Waals surface area contributed by atoms with Crippen molar-refractivity contribution in [2.75, 3.05) is 26.3 Å². The number of benzene rings is 1. The van der Waals surface area contributed by atoms with Crippen LogP contribution in [0.25, 0.3) is 0 Å². The Hall–Kier alpha value is -1.09. The van der Waals surface area contributed by atoms with Crippen LogP contribution in [0.15, 0.2) is 18.2 Å². The van der Waals surface area contributed by atoms with Gasteiger partial charge in [0.25, 0.3) is 10.2 Å². The lowest BCUT2D eigenvalue weighted by molar-refractivity contribution is 0.0360. The molecule has 8 heteroatoms. The molecular formula is C15H20F2N2O3S. The van der Waals surface area contributed by atoms with Gasteiger partial charge in [-0.15, -0.1) is 0 Å². The monoisotopic (exact) mass is 346 g/mol. The average molecular weight is 346 g/mol. The van der Waals surface area contributed by atoms with Crippen molar-refractivity contribution in [1.29, 1.82) is 0 Å². The molecule has 2 heterocycles. The molecule has 23 heavy (non-hydrogen) atoms. The summed E-state index contributed by atoms with van der Waals surface area (Å²) in [6, 6.07) is 2.25. The number of halogens is 2. The molecule has 0 saturated carbocycles. The van der Waals surface area contributed by atoms with Gasteiger partial charge in [-0.05, 0) is 38.0 Å². The van der Waals surface area contributed by atoms with Crippen molar-refractivity contribution >= 4 is 10.2 Å². The molecule has 0 aliphatic carbocycles. The van der Waals surface area contributed by atoms with Gasteiger partial charge in [-0.25, -0.2) is 8.78 Å². The number of morpholine rings is 1. The molecule has 2 aliphatic heterocycles. The van der Waals surface area contributed by atoms with Crippen molar-refractivity contribution in [3.8, 4) is 0 Å². The van der Waals surface area contributed by atoms with Crippen LogP contribution in [0.2, 0.25) is 0 Å². The maximum Gasteiger partial charge on any atom is 0.282 e. The van der Waals surface area contributed by atoms with E-state index >= 15 is 0 Å². The normalized spacial score (nSPS) is 27.4. The van der Waals surface area contributed by atoms with Crippen molar-refractivity contribution < 1.29 is 21.9 Å². The van der Waals surface area contributed by atoms with Crippen molar-refractivity contribution in [2.45, 2.75) is 31.8 Å². The highest BCUT2D eigenvalue weighted by molar-refractivity contribution is 7.86. The van der Waals surface area contributed by atoms with Gasteiger partial charge in [0, 0.05) is 24.7 Å². The van der Waals surface area contributed by atoms with Gasteiger partial charge in [0.05, 0.1) is 19.3 Å². The summed E-state index contributed by atoms with van der Waals surface area (Å²) >= 11 is 0. The number of hydrogen-bond donors (Lipinski definition) is 0. The summed E-state index contributed by atoms with van der Waals surface area (Å²) < 4.78 is 61.5. The van der Waals surface area contributed by atoms with Gasteiger partial charge in [-0.2, -0.15) is 17.0 Å². The maximum absolute atomic E-state index is 14.1. The molecule has 3 rings (SSSR count). The molecule has 1 aromatic carbocycles. The Morgan fingerprint density at radius 2 is 2.00 bits per heavy atom. The number of nitrogens with zero attached hydrogens (tertiary/aromatic N) is 2. The molecule has 2 aliphatic rings. The standard InChI is InChI=1S/C15H20F2N2O3S/c1-11-10-22-8-7-18(11)23(20,21)19-6-2-3-15(19)13-9-12(16)4-5-14(13)17/h4-5,9,11,15H,2-3,6-8,10H2,1H3. The van der Waals surface area contributed by atoms with Crippen LogP contribution in [0, 0.1) is 11.6 Å². The van der Waals surface area contributed by atoms with Crippen LogP contribution < -0.4 is 0 Å². The van der Waals surface area contributed by atoms with E-state index in [1.54, 1.807) is 6.92 Å². The fourth-order valence-corrected chi connectivity index (χ4v) is 5.28. The molecule has 0 bridgehead atoms. The van der Waals surface area contributed by atoms with Gasteiger partial charge >= 0.3 is 0 Å². The summed E-state index contributed by atoms with van der Waals surface area (Å²) in [4.78, 5) is 0. The van der Waals surface area contributed by atoms with Crippen LogP contribution in [0.3, 0.4) is 0 Å². The number of hydrogen-bond acceptors (Lipinski definition) is 3. The van der Waals surface area contributed by atoms with E-state index in [9.17, 15) is 17.2 Å². The average Bonchev–Trinajstić information content (AvgIpc) is 3.00. The Morgan fingerprint density at radius 3 is 2.74 bits per heavy atom. The third kappa shape index (κ3) is 3.13. The molecule has 0 aromatic heterocycles. The smallest absolute Gasteiger partial charge is 0.282 e. The Morgan fingerprint density at radius 1 is 1.22 bits per heavy atom. The second-order valence-electron chi connectivity index (χ2n) is 5.98. The van der Waals surface area contributed by atoms with E-state index in [1.807, 2.05) is 0 Å². The van der Waals surface area contributed by atoms with E-state index in [2.05, 4.69) is 0 Å². The Bertz CT molecular complexity index is 683. The first-order valence-electron chi connectivity index (χ1n) is 7.72. The number of ether oxygens (including phenoxy) is 1. The van der Waals surface area contributed by atoms with Crippen molar-refractivity contribution in [1.82, 2.24) is 8.61 Å². The highest BCUT2D eigenvalue weighted by Crippen LogP contribution is 2.37. The molecule has 1 aromatic rings. The fourth-order valence-electron chi connectivity index (χ4n) is 3.29. The van der Waals surface area contributed by atoms with Gasteiger partial charge in [-0.1, -0.05) is 0 Å². The predicted molar refractivity (Wildman–Crippen MR) is 80.9 cm³/mol. The molecule has 5 nitrogen and oxygen atoms in total. The van der Waals surface area contributed by atoms with Gasteiger partial charge in [-0.3, -0.25) is 0 Å². The Labute approximate surface area is 135 Å². The van der Waals surface area contributed by atoms with E-state index < -0.39 is 27.9 Å². The summed E-state index contributed by atoms with van der Waals surface area (Å²) in [6.07, 6.45) is 1.11. The summed E-state index contributed by atoms with van der Waals surface area (Å²) in [6.45, 7) is 3.05. The van der Waals surface area contributed by atoms with Crippen molar-refractivity contribution in [3.63, 3.8) is 0 Å². The van der Waals surface area contributed by atoms with Gasteiger partial charge in [0.15, 0.2) is 0 Å². The zero-order valence-corrected chi connectivity index (χ0v) is 13.7. The molecule has 2 unspecified atom stereocenters. The summed E-state index contributed by atoms with van der Waals surface area (Å²) in [5.74, 6) is -1.14. The SMILES string of the molecule is CC1COCCN1S(=O)(=O)N1CCCC1c1cc(F)ccc1F. The maximum atomic E-state index is 14.1. The van der Waals surface area contributed by atoms with Crippen LogP contribution in [0.5, 0.6) is 0 Å². The van der Waals surface area contributed by atoms with E-state index in [0.29, 0.717) is 32.6 Å². The first-order valence-corrected chi connectivity index (χ1v) is 9.12. The summed E-state index contributed by atoms with van der Waals surface area (Å²) in [7, 11) is -3.74. The second-order valence-corrected chi connectivity index (χ2v) is 7.81. The lowest BCUT2D eigenvalue weighted by Gasteiger charge is -2.37. The zero-order valence-electron chi connectivity index (χ0n) is 12.9. The lowest BCUT2D eigenvalue weighted by atomic mass is 10.0. The van der Waals surface area contributed by atoms with E-state index in [1.165, 1.54) is 8.61 Å². The first-order chi connectivity index (χ1) is 10.9. The molecule has 0 spiro atoms. The van der Waals surface area contributed by atoms with E-state index in [-0.39, 0.29) is 18.2 Å². The topological polar surface area (TPSA) is 49.9 Å². The largest absolute Gasteiger partial charge is 0.378 e. The van der Waals surface area contributed by atoms with Crippen LogP contribution in [-0.4, -0.2) is 49.4 Å². The van der Waals surface area contributed by atoms with Crippen LogP contribution in [0.1, 0.15) is 31.4 Å².